The fourth-order valence-electron chi connectivity index (χ4n) is 2.45. The van der Waals surface area contributed by atoms with Gasteiger partial charge < -0.3 is 14.8 Å². The highest BCUT2D eigenvalue weighted by Crippen LogP contribution is 2.39. The van der Waals surface area contributed by atoms with Gasteiger partial charge in [0.2, 0.25) is 0 Å². The molecule has 1 aliphatic heterocycles. The van der Waals surface area contributed by atoms with Gasteiger partial charge in [-0.3, -0.25) is 0 Å². The van der Waals surface area contributed by atoms with Gasteiger partial charge in [0.25, 0.3) is 0 Å². The summed E-state index contributed by atoms with van der Waals surface area (Å²) in [4.78, 5) is 0. The lowest BCUT2D eigenvalue weighted by Crippen LogP contribution is -2.20. The molecule has 0 bridgehead atoms. The maximum atomic E-state index is 6.41. The van der Waals surface area contributed by atoms with Gasteiger partial charge in [-0.1, -0.05) is 41.9 Å². The van der Waals surface area contributed by atoms with E-state index in [1.165, 1.54) is 0 Å². The second kappa shape index (κ2) is 5.73. The largest absolute Gasteiger partial charge is 0.486 e. The molecule has 0 saturated carbocycles. The highest BCUT2D eigenvalue weighted by atomic mass is 35.5. The van der Waals surface area contributed by atoms with Crippen molar-refractivity contribution in [2.75, 3.05) is 20.3 Å². The van der Waals surface area contributed by atoms with Crippen LogP contribution in [0.25, 0.3) is 0 Å². The molecule has 20 heavy (non-hydrogen) atoms. The third-order valence-electron chi connectivity index (χ3n) is 3.39. The molecule has 0 amide bonds. The van der Waals surface area contributed by atoms with Gasteiger partial charge in [-0.25, -0.2) is 0 Å². The summed E-state index contributed by atoms with van der Waals surface area (Å²) in [6.07, 6.45) is 0. The third kappa shape index (κ3) is 2.47. The van der Waals surface area contributed by atoms with E-state index in [4.69, 9.17) is 21.1 Å². The molecule has 1 atom stereocenters. The monoisotopic (exact) mass is 289 g/mol. The van der Waals surface area contributed by atoms with Crippen LogP contribution in [0.2, 0.25) is 5.02 Å². The van der Waals surface area contributed by atoms with Crippen molar-refractivity contribution in [1.82, 2.24) is 5.32 Å². The second-order valence-corrected chi connectivity index (χ2v) is 5.06. The van der Waals surface area contributed by atoms with Crippen molar-refractivity contribution in [3.8, 4) is 11.5 Å². The smallest absolute Gasteiger partial charge is 0.162 e. The van der Waals surface area contributed by atoms with Gasteiger partial charge in [0.1, 0.15) is 13.2 Å². The molecule has 0 fully saturated rings. The fourth-order valence-corrected chi connectivity index (χ4v) is 2.71. The van der Waals surface area contributed by atoms with Crippen molar-refractivity contribution < 1.29 is 9.47 Å². The minimum absolute atomic E-state index is 0.0273. The highest BCUT2D eigenvalue weighted by Gasteiger charge is 2.20. The molecule has 1 aliphatic rings. The van der Waals surface area contributed by atoms with E-state index < -0.39 is 0 Å². The summed E-state index contributed by atoms with van der Waals surface area (Å²) in [6, 6.07) is 14.0. The molecule has 0 aromatic heterocycles. The average molecular weight is 290 g/mol. The molecule has 0 spiro atoms. The summed E-state index contributed by atoms with van der Waals surface area (Å²) in [5.41, 5.74) is 2.15. The zero-order valence-corrected chi connectivity index (χ0v) is 12.0. The lowest BCUT2D eigenvalue weighted by atomic mass is 9.98. The number of hydrogen-bond donors (Lipinski definition) is 1. The Morgan fingerprint density at radius 2 is 1.70 bits per heavy atom. The molecule has 2 aromatic carbocycles. The standard InChI is InChI=1S/C16H16ClNO2/c1-18-16(11-5-3-2-4-6-11)12-9-14-15(10-13(12)17)20-8-7-19-14/h2-6,9-10,16,18H,7-8H2,1H3. The first-order chi connectivity index (χ1) is 9.79. The van der Waals surface area contributed by atoms with Crippen LogP contribution in [-0.4, -0.2) is 20.3 Å². The molecule has 3 nitrogen and oxygen atoms in total. The first kappa shape index (κ1) is 13.3. The van der Waals surface area contributed by atoms with E-state index in [0.717, 1.165) is 16.9 Å². The van der Waals surface area contributed by atoms with E-state index in [-0.39, 0.29) is 6.04 Å². The number of halogens is 1. The van der Waals surface area contributed by atoms with E-state index in [0.29, 0.717) is 24.0 Å². The summed E-state index contributed by atoms with van der Waals surface area (Å²) in [6.45, 7) is 1.14. The molecule has 1 heterocycles. The van der Waals surface area contributed by atoms with Crippen LogP contribution in [0, 0.1) is 0 Å². The summed E-state index contributed by atoms with van der Waals surface area (Å²) in [7, 11) is 1.92. The van der Waals surface area contributed by atoms with Crippen LogP contribution in [0.4, 0.5) is 0 Å². The molecule has 0 aliphatic carbocycles. The minimum atomic E-state index is 0.0273. The summed E-state index contributed by atoms with van der Waals surface area (Å²) in [5.74, 6) is 1.47. The lowest BCUT2D eigenvalue weighted by molar-refractivity contribution is 0.171. The molecule has 3 rings (SSSR count). The maximum absolute atomic E-state index is 6.41. The van der Waals surface area contributed by atoms with Crippen LogP contribution in [0.5, 0.6) is 11.5 Å². The van der Waals surface area contributed by atoms with Crippen LogP contribution < -0.4 is 14.8 Å². The Hall–Kier alpha value is -1.71. The van der Waals surface area contributed by atoms with Gasteiger partial charge >= 0.3 is 0 Å². The van der Waals surface area contributed by atoms with Crippen molar-refractivity contribution >= 4 is 11.6 Å². The van der Waals surface area contributed by atoms with Crippen LogP contribution in [0.3, 0.4) is 0 Å². The highest BCUT2D eigenvalue weighted by molar-refractivity contribution is 6.31. The fraction of sp³-hybridized carbons (Fsp3) is 0.250. The molecule has 4 heteroatoms. The van der Waals surface area contributed by atoms with Crippen molar-refractivity contribution in [2.24, 2.45) is 0 Å². The quantitative estimate of drug-likeness (QED) is 0.939. The molecule has 2 aromatic rings. The summed E-state index contributed by atoms with van der Waals surface area (Å²) >= 11 is 6.41. The molecule has 0 radical (unpaired) electrons. The van der Waals surface area contributed by atoms with Crippen LogP contribution in [0.1, 0.15) is 17.2 Å². The van der Waals surface area contributed by atoms with Gasteiger partial charge in [-0.2, -0.15) is 0 Å². The number of ether oxygens (including phenoxy) is 2. The molecule has 1 unspecified atom stereocenters. The molecule has 104 valence electrons. The third-order valence-corrected chi connectivity index (χ3v) is 3.72. The summed E-state index contributed by atoms with van der Waals surface area (Å²) < 4.78 is 11.2. The van der Waals surface area contributed by atoms with E-state index in [9.17, 15) is 0 Å². The van der Waals surface area contributed by atoms with Crippen molar-refractivity contribution in [1.29, 1.82) is 0 Å². The normalized spacial score (nSPS) is 14.9. The number of nitrogens with one attached hydrogen (secondary N) is 1. The molecular weight excluding hydrogens is 274 g/mol. The van der Waals surface area contributed by atoms with Crippen molar-refractivity contribution in [2.45, 2.75) is 6.04 Å². The topological polar surface area (TPSA) is 30.5 Å². The van der Waals surface area contributed by atoms with E-state index in [1.54, 1.807) is 0 Å². The first-order valence-corrected chi connectivity index (χ1v) is 6.98. The molecule has 0 saturated heterocycles. The SMILES string of the molecule is CNC(c1ccccc1)c1cc2c(cc1Cl)OCCO2. The Balaban J connectivity index is 2.04. The predicted molar refractivity (Wildman–Crippen MR) is 79.8 cm³/mol. The second-order valence-electron chi connectivity index (χ2n) is 4.65. The van der Waals surface area contributed by atoms with Crippen molar-refractivity contribution in [3.63, 3.8) is 0 Å². The van der Waals surface area contributed by atoms with Gasteiger partial charge in [-0.05, 0) is 24.2 Å². The lowest BCUT2D eigenvalue weighted by Gasteiger charge is -2.23. The summed E-state index contributed by atoms with van der Waals surface area (Å²) in [5, 5.41) is 3.98. The molecular formula is C16H16ClNO2. The zero-order chi connectivity index (χ0) is 13.9. The van der Waals surface area contributed by atoms with Gasteiger partial charge in [0, 0.05) is 11.1 Å². The average Bonchev–Trinajstić information content (AvgIpc) is 2.49. The molecule has 1 N–H and O–H groups in total. The number of benzene rings is 2. The van der Waals surface area contributed by atoms with Crippen molar-refractivity contribution in [3.05, 3.63) is 58.6 Å². The Labute approximate surface area is 123 Å². The maximum Gasteiger partial charge on any atom is 0.162 e. The van der Waals surface area contributed by atoms with Gasteiger partial charge in [0.15, 0.2) is 11.5 Å². The Morgan fingerprint density at radius 1 is 1.05 bits per heavy atom. The van der Waals surface area contributed by atoms with E-state index in [1.807, 2.05) is 37.4 Å². The Bertz CT molecular complexity index is 601. The minimum Gasteiger partial charge on any atom is -0.486 e. The zero-order valence-electron chi connectivity index (χ0n) is 11.2. The van der Waals surface area contributed by atoms with E-state index >= 15 is 0 Å². The van der Waals surface area contributed by atoms with Gasteiger partial charge in [0.05, 0.1) is 6.04 Å². The van der Waals surface area contributed by atoms with Crippen LogP contribution >= 0.6 is 11.6 Å². The Kier molecular flexibility index (Phi) is 3.81. The van der Waals surface area contributed by atoms with Gasteiger partial charge in [-0.15, -0.1) is 0 Å². The number of rotatable bonds is 3. The van der Waals surface area contributed by atoms with Crippen LogP contribution in [0.15, 0.2) is 42.5 Å². The first-order valence-electron chi connectivity index (χ1n) is 6.61. The number of hydrogen-bond acceptors (Lipinski definition) is 3. The van der Waals surface area contributed by atoms with Crippen LogP contribution in [-0.2, 0) is 0 Å². The predicted octanol–water partition coefficient (Wildman–Crippen LogP) is 3.42. The van der Waals surface area contributed by atoms with E-state index in [2.05, 4.69) is 17.4 Å². The number of fused-ring (bicyclic) bond motifs is 1. The Morgan fingerprint density at radius 3 is 2.35 bits per heavy atom.